The van der Waals surface area contributed by atoms with Crippen molar-refractivity contribution in [3.05, 3.63) is 21.6 Å². The van der Waals surface area contributed by atoms with Gasteiger partial charge in [-0.25, -0.2) is 4.68 Å². The van der Waals surface area contributed by atoms with E-state index in [4.69, 9.17) is 11.6 Å². The SMILES string of the molecule is CCn1ncc(NCC(C)N2CCCCC2)c(Cl)c1=O. The highest BCUT2D eigenvalue weighted by Gasteiger charge is 2.17. The molecule has 2 rings (SSSR count). The summed E-state index contributed by atoms with van der Waals surface area (Å²) in [6, 6.07) is 0.431. The van der Waals surface area contributed by atoms with Crippen LogP contribution in [0.5, 0.6) is 0 Å². The lowest BCUT2D eigenvalue weighted by Gasteiger charge is -2.32. The fourth-order valence-electron chi connectivity index (χ4n) is 2.56. The molecule has 0 saturated carbocycles. The lowest BCUT2D eigenvalue weighted by Crippen LogP contribution is -2.41. The molecule has 112 valence electrons. The zero-order valence-corrected chi connectivity index (χ0v) is 13.0. The van der Waals surface area contributed by atoms with E-state index >= 15 is 0 Å². The number of likely N-dealkylation sites (tertiary alicyclic amines) is 1. The van der Waals surface area contributed by atoms with Crippen LogP contribution in [0.1, 0.15) is 33.1 Å². The number of nitrogens with zero attached hydrogens (tertiary/aromatic N) is 3. The zero-order chi connectivity index (χ0) is 14.5. The Morgan fingerprint density at radius 1 is 1.40 bits per heavy atom. The van der Waals surface area contributed by atoms with Crippen LogP contribution in [-0.4, -0.2) is 40.4 Å². The van der Waals surface area contributed by atoms with Gasteiger partial charge in [-0.2, -0.15) is 5.10 Å². The van der Waals surface area contributed by atoms with Gasteiger partial charge in [-0.15, -0.1) is 0 Å². The van der Waals surface area contributed by atoms with Gasteiger partial charge in [0, 0.05) is 19.1 Å². The third kappa shape index (κ3) is 3.52. The molecule has 0 bridgehead atoms. The molecule has 0 aromatic carbocycles. The summed E-state index contributed by atoms with van der Waals surface area (Å²) in [6.07, 6.45) is 5.52. The summed E-state index contributed by atoms with van der Waals surface area (Å²) in [4.78, 5) is 14.4. The van der Waals surface area contributed by atoms with Crippen LogP contribution in [0.15, 0.2) is 11.0 Å². The van der Waals surface area contributed by atoms with Gasteiger partial charge in [0.25, 0.3) is 5.56 Å². The topological polar surface area (TPSA) is 50.2 Å². The Morgan fingerprint density at radius 3 is 2.75 bits per heavy atom. The smallest absolute Gasteiger partial charge is 0.287 e. The summed E-state index contributed by atoms with van der Waals surface area (Å²) in [6.45, 7) is 7.70. The number of piperidine rings is 1. The van der Waals surface area contributed by atoms with E-state index in [2.05, 4.69) is 22.2 Å². The number of rotatable bonds is 5. The first-order valence-corrected chi connectivity index (χ1v) is 7.74. The van der Waals surface area contributed by atoms with Gasteiger partial charge in [-0.05, 0) is 39.8 Å². The molecule has 1 atom stereocenters. The molecule has 1 aliphatic rings. The van der Waals surface area contributed by atoms with Crippen molar-refractivity contribution in [3.63, 3.8) is 0 Å². The molecule has 1 aliphatic heterocycles. The number of halogens is 1. The van der Waals surface area contributed by atoms with Crippen LogP contribution in [0.3, 0.4) is 0 Å². The Labute approximate surface area is 124 Å². The Hall–Kier alpha value is -1.07. The van der Waals surface area contributed by atoms with Crippen molar-refractivity contribution in [1.82, 2.24) is 14.7 Å². The molecule has 0 spiro atoms. The Morgan fingerprint density at radius 2 is 2.10 bits per heavy atom. The molecule has 1 aromatic rings. The maximum absolute atomic E-state index is 11.9. The number of nitrogens with one attached hydrogen (secondary N) is 1. The summed E-state index contributed by atoms with van der Waals surface area (Å²) in [7, 11) is 0. The third-order valence-electron chi connectivity index (χ3n) is 3.89. The van der Waals surface area contributed by atoms with Gasteiger partial charge in [0.2, 0.25) is 0 Å². The molecule has 2 heterocycles. The van der Waals surface area contributed by atoms with Crippen molar-refractivity contribution in [2.45, 2.75) is 45.7 Å². The van der Waals surface area contributed by atoms with Gasteiger partial charge in [-0.3, -0.25) is 9.69 Å². The van der Waals surface area contributed by atoms with Gasteiger partial charge in [0.1, 0.15) is 5.02 Å². The molecule has 5 nitrogen and oxygen atoms in total. The van der Waals surface area contributed by atoms with E-state index in [1.807, 2.05) is 6.92 Å². The first kappa shape index (κ1) is 15.3. The van der Waals surface area contributed by atoms with E-state index in [0.717, 1.165) is 19.6 Å². The summed E-state index contributed by atoms with van der Waals surface area (Å²) >= 11 is 6.10. The van der Waals surface area contributed by atoms with Crippen LogP contribution >= 0.6 is 11.6 Å². The Kier molecular flexibility index (Phi) is 5.43. The molecule has 0 amide bonds. The number of aryl methyl sites for hydroxylation is 1. The highest BCUT2D eigenvalue weighted by atomic mass is 35.5. The van der Waals surface area contributed by atoms with Gasteiger partial charge in [0.15, 0.2) is 0 Å². The van der Waals surface area contributed by atoms with Crippen molar-refractivity contribution in [2.24, 2.45) is 0 Å². The van der Waals surface area contributed by atoms with E-state index in [0.29, 0.717) is 18.3 Å². The Balaban J connectivity index is 1.96. The van der Waals surface area contributed by atoms with Crippen LogP contribution in [0.4, 0.5) is 5.69 Å². The second kappa shape index (κ2) is 7.09. The molecule has 1 unspecified atom stereocenters. The number of anilines is 1. The molecule has 20 heavy (non-hydrogen) atoms. The van der Waals surface area contributed by atoms with Crippen molar-refractivity contribution in [1.29, 1.82) is 0 Å². The minimum atomic E-state index is -0.232. The molecular formula is C14H23ClN4O. The standard InChI is InChI=1S/C14H23ClN4O/c1-3-19-14(20)13(15)12(10-17-19)16-9-11(2)18-7-5-4-6-8-18/h10-11,16H,3-9H2,1-2H3. The second-order valence-corrected chi connectivity index (χ2v) is 5.70. The highest BCUT2D eigenvalue weighted by molar-refractivity contribution is 6.32. The van der Waals surface area contributed by atoms with Crippen molar-refractivity contribution in [2.75, 3.05) is 25.0 Å². The van der Waals surface area contributed by atoms with Crippen LogP contribution in [0.2, 0.25) is 5.02 Å². The molecule has 1 N–H and O–H groups in total. The van der Waals surface area contributed by atoms with Crippen LogP contribution in [-0.2, 0) is 6.54 Å². The summed E-state index contributed by atoms with van der Waals surface area (Å²) < 4.78 is 1.36. The average Bonchev–Trinajstić information content (AvgIpc) is 2.49. The first-order valence-electron chi connectivity index (χ1n) is 7.37. The van der Waals surface area contributed by atoms with Crippen LogP contribution in [0, 0.1) is 0 Å². The molecule has 1 aromatic heterocycles. The summed E-state index contributed by atoms with van der Waals surface area (Å²) in [5, 5.41) is 7.57. The van der Waals surface area contributed by atoms with E-state index in [-0.39, 0.29) is 10.6 Å². The van der Waals surface area contributed by atoms with E-state index in [1.54, 1.807) is 6.20 Å². The number of hydrogen-bond donors (Lipinski definition) is 1. The maximum atomic E-state index is 11.9. The predicted octanol–water partition coefficient (Wildman–Crippen LogP) is 2.20. The fraction of sp³-hybridized carbons (Fsp3) is 0.714. The lowest BCUT2D eigenvalue weighted by molar-refractivity contribution is 0.180. The highest BCUT2D eigenvalue weighted by Crippen LogP contribution is 2.17. The molecule has 1 fully saturated rings. The van der Waals surface area contributed by atoms with Gasteiger partial charge >= 0.3 is 0 Å². The molecule has 6 heteroatoms. The first-order chi connectivity index (χ1) is 9.63. The minimum Gasteiger partial charge on any atom is -0.381 e. The quantitative estimate of drug-likeness (QED) is 0.905. The van der Waals surface area contributed by atoms with E-state index in [9.17, 15) is 4.79 Å². The van der Waals surface area contributed by atoms with Crippen molar-refractivity contribution >= 4 is 17.3 Å². The maximum Gasteiger partial charge on any atom is 0.287 e. The zero-order valence-electron chi connectivity index (χ0n) is 12.2. The monoisotopic (exact) mass is 298 g/mol. The van der Waals surface area contributed by atoms with E-state index < -0.39 is 0 Å². The van der Waals surface area contributed by atoms with Crippen LogP contribution in [0.25, 0.3) is 0 Å². The summed E-state index contributed by atoms with van der Waals surface area (Å²) in [5.74, 6) is 0. The van der Waals surface area contributed by atoms with Crippen molar-refractivity contribution in [3.8, 4) is 0 Å². The predicted molar refractivity (Wildman–Crippen MR) is 82.6 cm³/mol. The average molecular weight is 299 g/mol. The second-order valence-electron chi connectivity index (χ2n) is 5.32. The van der Waals surface area contributed by atoms with Crippen LogP contribution < -0.4 is 10.9 Å². The Bertz CT molecular complexity index is 496. The van der Waals surface area contributed by atoms with E-state index in [1.165, 1.54) is 23.9 Å². The molecule has 1 saturated heterocycles. The van der Waals surface area contributed by atoms with Crippen molar-refractivity contribution < 1.29 is 0 Å². The fourth-order valence-corrected chi connectivity index (χ4v) is 2.77. The summed E-state index contributed by atoms with van der Waals surface area (Å²) in [5.41, 5.74) is 0.398. The van der Waals surface area contributed by atoms with Gasteiger partial charge < -0.3 is 5.32 Å². The minimum absolute atomic E-state index is 0.229. The largest absolute Gasteiger partial charge is 0.381 e. The van der Waals surface area contributed by atoms with Gasteiger partial charge in [0.05, 0.1) is 11.9 Å². The molecule has 0 radical (unpaired) electrons. The van der Waals surface area contributed by atoms with Gasteiger partial charge in [-0.1, -0.05) is 18.0 Å². The third-order valence-corrected chi connectivity index (χ3v) is 4.25. The lowest BCUT2D eigenvalue weighted by atomic mass is 10.1. The molecular weight excluding hydrogens is 276 g/mol. The number of hydrogen-bond acceptors (Lipinski definition) is 4. The number of aromatic nitrogens is 2. The molecule has 0 aliphatic carbocycles. The normalized spacial score (nSPS) is 17.9.